The molecule has 1 saturated carbocycles. The molecule has 0 aromatic carbocycles. The fraction of sp³-hybridized carbons (Fsp3) is 1.00. The Morgan fingerprint density at radius 2 is 1.32 bits per heavy atom. The number of hydrogen-bond donors (Lipinski definition) is 0. The van der Waals surface area contributed by atoms with Crippen LogP contribution >= 0.6 is 0 Å². The highest BCUT2D eigenvalue weighted by atomic mass is 28.4. The molecule has 0 radical (unpaired) electrons. The van der Waals surface area contributed by atoms with Crippen LogP contribution in [0.3, 0.4) is 0 Å². The van der Waals surface area contributed by atoms with Gasteiger partial charge in [0.05, 0.1) is 25.4 Å². The van der Waals surface area contributed by atoms with E-state index in [4.69, 9.17) is 22.8 Å². The van der Waals surface area contributed by atoms with Crippen molar-refractivity contribution >= 4 is 8.80 Å². The normalized spacial score (nSPS) is 21.7. The maximum Gasteiger partial charge on any atom is 0.504 e. The van der Waals surface area contributed by atoms with Crippen LogP contribution in [-0.2, 0) is 22.8 Å². The molecule has 1 rings (SSSR count). The molecule has 1 aliphatic carbocycles. The van der Waals surface area contributed by atoms with E-state index in [1.807, 2.05) is 0 Å². The van der Waals surface area contributed by atoms with Crippen molar-refractivity contribution in [2.75, 3.05) is 34.5 Å². The predicted octanol–water partition coefficient (Wildman–Crippen LogP) is 3.40. The highest BCUT2D eigenvalue weighted by molar-refractivity contribution is 6.62. The molecule has 2 unspecified atom stereocenters. The van der Waals surface area contributed by atoms with Gasteiger partial charge in [-0.1, -0.05) is 26.7 Å². The van der Waals surface area contributed by atoms with E-state index in [-0.39, 0.29) is 12.2 Å². The van der Waals surface area contributed by atoms with Gasteiger partial charge in [-0.15, -0.1) is 0 Å². The van der Waals surface area contributed by atoms with Gasteiger partial charge in [-0.3, -0.25) is 0 Å². The number of methoxy groups -OCH3 is 2. The molecule has 132 valence electrons. The Kier molecular flexibility index (Phi) is 9.78. The van der Waals surface area contributed by atoms with Crippen molar-refractivity contribution in [1.29, 1.82) is 0 Å². The summed E-state index contributed by atoms with van der Waals surface area (Å²) in [5.74, 6) is 0. The van der Waals surface area contributed by atoms with Gasteiger partial charge in [-0.2, -0.15) is 0 Å². The third kappa shape index (κ3) is 5.58. The van der Waals surface area contributed by atoms with Crippen LogP contribution in [0.1, 0.15) is 52.4 Å². The van der Waals surface area contributed by atoms with Crippen LogP contribution in [0.4, 0.5) is 0 Å². The van der Waals surface area contributed by atoms with E-state index in [0.29, 0.717) is 18.8 Å². The molecular weight excluding hydrogens is 300 g/mol. The van der Waals surface area contributed by atoms with Gasteiger partial charge in [0, 0.05) is 26.9 Å². The molecule has 0 heterocycles. The van der Waals surface area contributed by atoms with Gasteiger partial charge in [0.1, 0.15) is 0 Å². The minimum Gasteiger partial charge on any atom is -0.382 e. The SMILES string of the molecule is CCC(COC)O[Si](OC)(OC(CC)COC)C1CCCC1. The van der Waals surface area contributed by atoms with Crippen LogP contribution < -0.4 is 0 Å². The zero-order valence-electron chi connectivity index (χ0n) is 14.9. The van der Waals surface area contributed by atoms with Gasteiger partial charge < -0.3 is 22.8 Å². The lowest BCUT2D eigenvalue weighted by molar-refractivity contribution is -0.0360. The van der Waals surface area contributed by atoms with Crippen molar-refractivity contribution in [3.8, 4) is 0 Å². The van der Waals surface area contributed by atoms with Crippen molar-refractivity contribution < 1.29 is 22.8 Å². The summed E-state index contributed by atoms with van der Waals surface area (Å²) >= 11 is 0. The minimum absolute atomic E-state index is 0.0252. The molecule has 5 nitrogen and oxygen atoms in total. The standard InChI is InChI=1S/C16H34O5Si/c1-6-14(12-17-3)20-22(19-5,16-10-8-9-11-16)21-15(7-2)13-18-4/h14-16H,6-13H2,1-5H3. The molecule has 1 aliphatic rings. The molecule has 0 aliphatic heterocycles. The van der Waals surface area contributed by atoms with Crippen molar-refractivity contribution in [3.05, 3.63) is 0 Å². The van der Waals surface area contributed by atoms with Crippen LogP contribution in [0.15, 0.2) is 0 Å². The third-order valence-electron chi connectivity index (χ3n) is 4.42. The van der Waals surface area contributed by atoms with E-state index in [0.717, 1.165) is 25.7 Å². The first kappa shape index (κ1) is 20.1. The first-order valence-corrected chi connectivity index (χ1v) is 10.3. The van der Waals surface area contributed by atoms with Crippen molar-refractivity contribution in [2.24, 2.45) is 0 Å². The van der Waals surface area contributed by atoms with Gasteiger partial charge in [0.2, 0.25) is 0 Å². The summed E-state index contributed by atoms with van der Waals surface area (Å²) in [6, 6.07) is 0. The zero-order valence-corrected chi connectivity index (χ0v) is 15.9. The fourth-order valence-electron chi connectivity index (χ4n) is 3.07. The van der Waals surface area contributed by atoms with Crippen molar-refractivity contribution in [1.82, 2.24) is 0 Å². The lowest BCUT2D eigenvalue weighted by Crippen LogP contribution is -2.54. The monoisotopic (exact) mass is 334 g/mol. The Morgan fingerprint density at radius 1 is 0.864 bits per heavy atom. The van der Waals surface area contributed by atoms with E-state index in [9.17, 15) is 0 Å². The highest BCUT2D eigenvalue weighted by Gasteiger charge is 2.52. The van der Waals surface area contributed by atoms with Gasteiger partial charge in [-0.05, 0) is 25.7 Å². The number of hydrogen-bond acceptors (Lipinski definition) is 5. The molecule has 1 fully saturated rings. The molecule has 2 atom stereocenters. The third-order valence-corrected chi connectivity index (χ3v) is 7.89. The smallest absolute Gasteiger partial charge is 0.382 e. The first-order chi connectivity index (χ1) is 10.7. The second-order valence-corrected chi connectivity index (χ2v) is 8.90. The summed E-state index contributed by atoms with van der Waals surface area (Å²) in [5.41, 5.74) is 0.398. The van der Waals surface area contributed by atoms with Crippen LogP contribution in [0.2, 0.25) is 5.54 Å². The molecule has 0 spiro atoms. The quantitative estimate of drug-likeness (QED) is 0.512. The van der Waals surface area contributed by atoms with Crippen LogP contribution in [0.5, 0.6) is 0 Å². The topological polar surface area (TPSA) is 46.2 Å². The van der Waals surface area contributed by atoms with Crippen molar-refractivity contribution in [2.45, 2.75) is 70.1 Å². The van der Waals surface area contributed by atoms with Crippen LogP contribution in [0, 0.1) is 0 Å². The Morgan fingerprint density at radius 3 is 1.64 bits per heavy atom. The zero-order chi connectivity index (χ0) is 16.4. The van der Waals surface area contributed by atoms with Gasteiger partial charge in [0.15, 0.2) is 0 Å². The molecule has 6 heteroatoms. The Balaban J connectivity index is 2.89. The average Bonchev–Trinajstić information content (AvgIpc) is 3.07. The van der Waals surface area contributed by atoms with E-state index < -0.39 is 8.80 Å². The van der Waals surface area contributed by atoms with E-state index in [1.165, 1.54) is 12.8 Å². The Hall–Kier alpha value is 0.0169. The maximum atomic E-state index is 6.45. The summed E-state index contributed by atoms with van der Waals surface area (Å²) in [6.45, 7) is 5.37. The predicted molar refractivity (Wildman–Crippen MR) is 89.1 cm³/mol. The summed E-state index contributed by atoms with van der Waals surface area (Å²) in [6.07, 6.45) is 6.57. The Labute approximate surface area is 137 Å². The maximum absolute atomic E-state index is 6.45. The number of ether oxygens (including phenoxy) is 2. The number of rotatable bonds is 12. The van der Waals surface area contributed by atoms with Crippen LogP contribution in [0.25, 0.3) is 0 Å². The average molecular weight is 335 g/mol. The van der Waals surface area contributed by atoms with Gasteiger partial charge in [-0.25, -0.2) is 0 Å². The molecular formula is C16H34O5Si. The van der Waals surface area contributed by atoms with E-state index in [2.05, 4.69) is 13.8 Å². The fourth-order valence-corrected chi connectivity index (χ4v) is 6.55. The molecule has 0 saturated heterocycles. The van der Waals surface area contributed by atoms with E-state index in [1.54, 1.807) is 21.3 Å². The molecule has 0 amide bonds. The minimum atomic E-state index is -2.74. The second-order valence-electron chi connectivity index (χ2n) is 6.00. The second kappa shape index (κ2) is 10.7. The Bertz CT molecular complexity index is 268. The molecule has 0 aromatic heterocycles. The van der Waals surface area contributed by atoms with Crippen molar-refractivity contribution in [3.63, 3.8) is 0 Å². The van der Waals surface area contributed by atoms with Crippen LogP contribution in [-0.4, -0.2) is 55.6 Å². The summed E-state index contributed by atoms with van der Waals surface area (Å²) in [5, 5.41) is 0. The molecule has 22 heavy (non-hydrogen) atoms. The lowest BCUT2D eigenvalue weighted by atomic mass is 10.3. The lowest BCUT2D eigenvalue weighted by Gasteiger charge is -2.38. The summed E-state index contributed by atoms with van der Waals surface area (Å²) < 4.78 is 29.4. The molecule has 0 N–H and O–H groups in total. The highest BCUT2D eigenvalue weighted by Crippen LogP contribution is 2.41. The summed E-state index contributed by atoms with van der Waals surface area (Å²) in [4.78, 5) is 0. The first-order valence-electron chi connectivity index (χ1n) is 8.54. The molecule has 0 aromatic rings. The molecule has 0 bridgehead atoms. The summed E-state index contributed by atoms with van der Waals surface area (Å²) in [7, 11) is 2.41. The van der Waals surface area contributed by atoms with E-state index >= 15 is 0 Å². The largest absolute Gasteiger partial charge is 0.504 e. The van der Waals surface area contributed by atoms with Gasteiger partial charge >= 0.3 is 8.80 Å². The van der Waals surface area contributed by atoms with Gasteiger partial charge in [0.25, 0.3) is 0 Å².